The first kappa shape index (κ1) is 18.4. The number of ether oxygens (including phenoxy) is 1. The van der Waals surface area contributed by atoms with E-state index >= 15 is 0 Å². The Hall–Kier alpha value is -0.650. The van der Waals surface area contributed by atoms with Crippen molar-refractivity contribution in [2.45, 2.75) is 64.6 Å². The molecule has 1 rings (SSSR count). The molecule has 21 heavy (non-hydrogen) atoms. The Morgan fingerprint density at radius 1 is 1.48 bits per heavy atom. The molecular formula is C16H33N3O2. The van der Waals surface area contributed by atoms with Crippen molar-refractivity contribution < 1.29 is 9.53 Å². The van der Waals surface area contributed by atoms with Gasteiger partial charge in [0, 0.05) is 25.7 Å². The number of likely N-dealkylation sites (tertiary alicyclic amines) is 1. The van der Waals surface area contributed by atoms with E-state index in [9.17, 15) is 4.79 Å². The van der Waals surface area contributed by atoms with Crippen molar-refractivity contribution in [1.29, 1.82) is 0 Å². The molecule has 0 aromatic carbocycles. The van der Waals surface area contributed by atoms with Crippen LogP contribution in [0.2, 0.25) is 0 Å². The number of methoxy groups -OCH3 is 1. The van der Waals surface area contributed by atoms with E-state index in [0.29, 0.717) is 12.0 Å². The molecule has 124 valence electrons. The van der Waals surface area contributed by atoms with Crippen LogP contribution in [0.25, 0.3) is 0 Å². The standard InChI is InChI=1S/C16H33N3O2/c1-12(2)18-16(4,15(17)20)9-13(3)19-8-6-7-14(10-19)11-21-5/h12-14,18H,6-11H2,1-5H3,(H2,17,20). The van der Waals surface area contributed by atoms with Gasteiger partial charge in [-0.25, -0.2) is 0 Å². The third-order valence-corrected chi connectivity index (χ3v) is 4.43. The van der Waals surface area contributed by atoms with E-state index in [2.05, 4.69) is 17.1 Å². The first-order valence-electron chi connectivity index (χ1n) is 8.09. The highest BCUT2D eigenvalue weighted by molar-refractivity contribution is 5.84. The van der Waals surface area contributed by atoms with Gasteiger partial charge in [0.1, 0.15) is 0 Å². The second-order valence-electron chi connectivity index (χ2n) is 7.01. The van der Waals surface area contributed by atoms with E-state index in [1.807, 2.05) is 20.8 Å². The van der Waals surface area contributed by atoms with Crippen LogP contribution in [0.5, 0.6) is 0 Å². The van der Waals surface area contributed by atoms with Crippen LogP contribution in [0.3, 0.4) is 0 Å². The molecule has 0 spiro atoms. The van der Waals surface area contributed by atoms with Crippen LogP contribution in [0.15, 0.2) is 0 Å². The molecule has 1 aliphatic rings. The lowest BCUT2D eigenvalue weighted by Crippen LogP contribution is -2.58. The Morgan fingerprint density at radius 2 is 2.14 bits per heavy atom. The third kappa shape index (κ3) is 5.57. The van der Waals surface area contributed by atoms with Crippen molar-refractivity contribution >= 4 is 5.91 Å². The van der Waals surface area contributed by atoms with Crippen LogP contribution in [0.4, 0.5) is 0 Å². The Labute approximate surface area is 129 Å². The van der Waals surface area contributed by atoms with Crippen molar-refractivity contribution in [2.24, 2.45) is 11.7 Å². The third-order valence-electron chi connectivity index (χ3n) is 4.43. The largest absolute Gasteiger partial charge is 0.384 e. The molecule has 0 aliphatic carbocycles. The molecule has 5 heteroatoms. The zero-order valence-electron chi connectivity index (χ0n) is 14.3. The van der Waals surface area contributed by atoms with Gasteiger partial charge in [0.15, 0.2) is 0 Å². The molecule has 1 saturated heterocycles. The van der Waals surface area contributed by atoms with Crippen LogP contribution in [0.1, 0.15) is 47.0 Å². The topological polar surface area (TPSA) is 67.6 Å². The van der Waals surface area contributed by atoms with Gasteiger partial charge in [0.2, 0.25) is 5.91 Å². The number of carbonyl (C=O) groups excluding carboxylic acids is 1. The molecule has 1 aliphatic heterocycles. The summed E-state index contributed by atoms with van der Waals surface area (Å²) in [5, 5.41) is 3.34. The van der Waals surface area contributed by atoms with E-state index in [4.69, 9.17) is 10.5 Å². The summed E-state index contributed by atoms with van der Waals surface area (Å²) in [7, 11) is 1.76. The summed E-state index contributed by atoms with van der Waals surface area (Å²) < 4.78 is 5.29. The van der Waals surface area contributed by atoms with Crippen molar-refractivity contribution in [3.8, 4) is 0 Å². The second-order valence-corrected chi connectivity index (χ2v) is 7.01. The SMILES string of the molecule is COCC1CCCN(C(C)CC(C)(NC(C)C)C(N)=O)C1. The minimum Gasteiger partial charge on any atom is -0.384 e. The van der Waals surface area contributed by atoms with E-state index in [-0.39, 0.29) is 11.9 Å². The zero-order valence-corrected chi connectivity index (χ0v) is 14.3. The molecule has 3 N–H and O–H groups in total. The van der Waals surface area contributed by atoms with Crippen LogP contribution in [-0.4, -0.2) is 55.2 Å². The molecule has 0 radical (unpaired) electrons. The summed E-state index contributed by atoms with van der Waals surface area (Å²) in [5.41, 5.74) is 4.98. The Kier molecular flexibility index (Phi) is 7.10. The number of carbonyl (C=O) groups is 1. The molecule has 0 saturated carbocycles. The number of rotatable bonds is 8. The molecule has 3 unspecified atom stereocenters. The molecular weight excluding hydrogens is 266 g/mol. The average Bonchev–Trinajstić information content (AvgIpc) is 2.38. The second kappa shape index (κ2) is 8.11. The van der Waals surface area contributed by atoms with Gasteiger partial charge < -0.3 is 20.7 Å². The lowest BCUT2D eigenvalue weighted by molar-refractivity contribution is -0.125. The van der Waals surface area contributed by atoms with Gasteiger partial charge in [-0.15, -0.1) is 0 Å². The summed E-state index contributed by atoms with van der Waals surface area (Å²) in [6.45, 7) is 11.2. The van der Waals surface area contributed by atoms with Crippen LogP contribution < -0.4 is 11.1 Å². The van der Waals surface area contributed by atoms with Crippen molar-refractivity contribution in [1.82, 2.24) is 10.2 Å². The van der Waals surface area contributed by atoms with Crippen molar-refractivity contribution in [3.05, 3.63) is 0 Å². The fraction of sp³-hybridized carbons (Fsp3) is 0.938. The molecule has 1 fully saturated rings. The monoisotopic (exact) mass is 299 g/mol. The van der Waals surface area contributed by atoms with Gasteiger partial charge in [0.25, 0.3) is 0 Å². The van der Waals surface area contributed by atoms with Gasteiger partial charge in [-0.2, -0.15) is 0 Å². The van der Waals surface area contributed by atoms with Gasteiger partial charge in [-0.3, -0.25) is 4.79 Å². The first-order chi connectivity index (χ1) is 9.78. The Morgan fingerprint density at radius 3 is 2.67 bits per heavy atom. The van der Waals surface area contributed by atoms with E-state index < -0.39 is 5.54 Å². The maximum absolute atomic E-state index is 11.9. The van der Waals surface area contributed by atoms with Crippen LogP contribution in [0, 0.1) is 5.92 Å². The van der Waals surface area contributed by atoms with Gasteiger partial charge in [-0.05, 0) is 59.4 Å². The molecule has 1 amide bonds. The maximum atomic E-state index is 11.9. The van der Waals surface area contributed by atoms with Gasteiger partial charge in [0.05, 0.1) is 12.1 Å². The summed E-state index contributed by atoms with van der Waals surface area (Å²) >= 11 is 0. The molecule has 5 nitrogen and oxygen atoms in total. The number of hydrogen-bond donors (Lipinski definition) is 2. The lowest BCUT2D eigenvalue weighted by atomic mass is 9.89. The number of nitrogens with one attached hydrogen (secondary N) is 1. The fourth-order valence-corrected chi connectivity index (χ4v) is 3.46. The molecule has 3 atom stereocenters. The normalized spacial score (nSPS) is 24.8. The predicted octanol–water partition coefficient (Wildman–Crippen LogP) is 1.37. The number of amides is 1. The summed E-state index contributed by atoms with van der Waals surface area (Å²) in [4.78, 5) is 14.3. The number of primary amides is 1. The summed E-state index contributed by atoms with van der Waals surface area (Å²) in [6, 6.07) is 0.561. The van der Waals surface area contributed by atoms with E-state index in [1.165, 1.54) is 12.8 Å². The minimum absolute atomic E-state index is 0.234. The number of nitrogens with two attached hydrogens (primary N) is 1. The van der Waals surface area contributed by atoms with Gasteiger partial charge in [-0.1, -0.05) is 0 Å². The average molecular weight is 299 g/mol. The van der Waals surface area contributed by atoms with Gasteiger partial charge >= 0.3 is 0 Å². The maximum Gasteiger partial charge on any atom is 0.237 e. The van der Waals surface area contributed by atoms with E-state index in [1.54, 1.807) is 7.11 Å². The summed E-state index contributed by atoms with van der Waals surface area (Å²) in [6.07, 6.45) is 3.16. The fourth-order valence-electron chi connectivity index (χ4n) is 3.46. The highest BCUT2D eigenvalue weighted by Gasteiger charge is 2.35. The van der Waals surface area contributed by atoms with Crippen LogP contribution >= 0.6 is 0 Å². The Bertz CT molecular complexity index is 333. The molecule has 1 heterocycles. The predicted molar refractivity (Wildman–Crippen MR) is 86.1 cm³/mol. The quantitative estimate of drug-likeness (QED) is 0.710. The van der Waals surface area contributed by atoms with E-state index in [0.717, 1.165) is 26.1 Å². The summed E-state index contributed by atoms with van der Waals surface area (Å²) in [5.74, 6) is 0.331. The van der Waals surface area contributed by atoms with Crippen molar-refractivity contribution in [3.63, 3.8) is 0 Å². The number of hydrogen-bond acceptors (Lipinski definition) is 4. The highest BCUT2D eigenvalue weighted by atomic mass is 16.5. The van der Waals surface area contributed by atoms with Crippen molar-refractivity contribution in [2.75, 3.05) is 26.8 Å². The number of nitrogens with zero attached hydrogens (tertiary/aromatic N) is 1. The zero-order chi connectivity index (χ0) is 16.0. The smallest absolute Gasteiger partial charge is 0.237 e. The lowest BCUT2D eigenvalue weighted by Gasteiger charge is -2.40. The Balaban J connectivity index is 2.64. The molecule has 0 aromatic heterocycles. The number of piperidine rings is 1. The minimum atomic E-state index is -0.651. The first-order valence-corrected chi connectivity index (χ1v) is 8.09. The van der Waals surface area contributed by atoms with Crippen LogP contribution in [-0.2, 0) is 9.53 Å². The molecule has 0 aromatic rings. The highest BCUT2D eigenvalue weighted by Crippen LogP contribution is 2.23. The molecule has 0 bridgehead atoms.